The summed E-state index contributed by atoms with van der Waals surface area (Å²) in [4.78, 5) is 25.9. The summed E-state index contributed by atoms with van der Waals surface area (Å²) in [6.07, 6.45) is 1.34. The molecule has 0 bridgehead atoms. The first kappa shape index (κ1) is 26.6. The minimum atomic E-state index is -1.04. The number of carbonyl (C=O) groups is 2. The minimum Gasteiger partial charge on any atom is -0.495 e. The van der Waals surface area contributed by atoms with Gasteiger partial charge in [-0.15, -0.1) is 5.10 Å². The SMILES string of the molecule is COc1ccc(-c2cnnn2-c2cc(OC)c(OC)c(OC)c2)cc1NC(=O)C(CCC(=O)O)NCl. The molecule has 1 atom stereocenters. The zero-order valence-electron chi connectivity index (χ0n) is 20.1. The zero-order valence-corrected chi connectivity index (χ0v) is 20.8. The van der Waals surface area contributed by atoms with Crippen molar-refractivity contribution in [2.24, 2.45) is 0 Å². The van der Waals surface area contributed by atoms with Gasteiger partial charge in [-0.1, -0.05) is 5.21 Å². The Morgan fingerprint density at radius 2 is 1.69 bits per heavy atom. The van der Waals surface area contributed by atoms with Gasteiger partial charge in [0, 0.05) is 24.1 Å². The predicted molar refractivity (Wildman–Crippen MR) is 131 cm³/mol. The molecule has 1 unspecified atom stereocenters. The number of nitrogens with zero attached hydrogens (tertiary/aromatic N) is 3. The molecule has 1 amide bonds. The van der Waals surface area contributed by atoms with Crippen LogP contribution in [0.3, 0.4) is 0 Å². The topological polar surface area (TPSA) is 146 Å². The van der Waals surface area contributed by atoms with E-state index in [1.165, 1.54) is 28.4 Å². The molecule has 0 aliphatic heterocycles. The maximum atomic E-state index is 12.7. The molecule has 3 aromatic rings. The number of carbonyl (C=O) groups excluding carboxylic acids is 1. The van der Waals surface area contributed by atoms with Crippen LogP contribution >= 0.6 is 11.8 Å². The number of amides is 1. The van der Waals surface area contributed by atoms with Gasteiger partial charge in [-0.3, -0.25) is 9.59 Å². The molecule has 36 heavy (non-hydrogen) atoms. The first-order valence-electron chi connectivity index (χ1n) is 10.6. The Morgan fingerprint density at radius 3 is 2.25 bits per heavy atom. The largest absolute Gasteiger partial charge is 0.495 e. The number of benzene rings is 2. The van der Waals surface area contributed by atoms with Crippen LogP contribution in [0, 0.1) is 0 Å². The van der Waals surface area contributed by atoms with Crippen LogP contribution in [0.4, 0.5) is 5.69 Å². The number of aliphatic carboxylic acids is 1. The van der Waals surface area contributed by atoms with Crippen LogP contribution in [0.15, 0.2) is 36.5 Å². The van der Waals surface area contributed by atoms with E-state index in [2.05, 4.69) is 20.5 Å². The maximum Gasteiger partial charge on any atom is 0.303 e. The second-order valence-corrected chi connectivity index (χ2v) is 7.63. The number of carboxylic acid groups (broad SMARTS) is 1. The van der Waals surface area contributed by atoms with Crippen LogP contribution in [0.1, 0.15) is 12.8 Å². The molecule has 1 heterocycles. The zero-order chi connectivity index (χ0) is 26.2. The summed E-state index contributed by atoms with van der Waals surface area (Å²) in [6.45, 7) is 0. The highest BCUT2D eigenvalue weighted by Gasteiger charge is 2.22. The van der Waals surface area contributed by atoms with Crippen molar-refractivity contribution in [2.75, 3.05) is 33.8 Å². The van der Waals surface area contributed by atoms with Crippen molar-refractivity contribution in [1.82, 2.24) is 19.8 Å². The third kappa shape index (κ3) is 5.78. The van der Waals surface area contributed by atoms with E-state index >= 15 is 0 Å². The van der Waals surface area contributed by atoms with Crippen LogP contribution in [0.5, 0.6) is 23.0 Å². The van der Waals surface area contributed by atoms with Crippen molar-refractivity contribution in [3.05, 3.63) is 36.5 Å². The van der Waals surface area contributed by atoms with Gasteiger partial charge in [-0.05, 0) is 36.4 Å². The fraction of sp³-hybridized carbons (Fsp3) is 0.304. The number of rotatable bonds is 12. The second-order valence-electron chi connectivity index (χ2n) is 7.41. The summed E-state index contributed by atoms with van der Waals surface area (Å²) in [5.74, 6) is 0.161. The Kier molecular flexibility index (Phi) is 8.92. The van der Waals surface area contributed by atoms with E-state index in [0.29, 0.717) is 45.6 Å². The Hall–Kier alpha value is -4.03. The molecular formula is C23H26ClN5O7. The molecule has 0 aliphatic carbocycles. The van der Waals surface area contributed by atoms with Crippen molar-refractivity contribution in [2.45, 2.75) is 18.9 Å². The number of nitrogens with one attached hydrogen (secondary N) is 2. The number of carboxylic acids is 1. The van der Waals surface area contributed by atoms with Gasteiger partial charge in [0.2, 0.25) is 11.7 Å². The maximum absolute atomic E-state index is 12.7. The van der Waals surface area contributed by atoms with Gasteiger partial charge in [-0.25, -0.2) is 9.52 Å². The van der Waals surface area contributed by atoms with E-state index < -0.39 is 17.9 Å². The summed E-state index contributed by atoms with van der Waals surface area (Å²) >= 11 is 5.67. The highest BCUT2D eigenvalue weighted by Crippen LogP contribution is 2.40. The van der Waals surface area contributed by atoms with Crippen molar-refractivity contribution < 1.29 is 33.6 Å². The molecule has 0 fully saturated rings. The van der Waals surface area contributed by atoms with Gasteiger partial charge in [0.15, 0.2) is 11.5 Å². The van der Waals surface area contributed by atoms with Crippen molar-refractivity contribution in [3.63, 3.8) is 0 Å². The molecule has 3 rings (SSSR count). The monoisotopic (exact) mass is 519 g/mol. The lowest BCUT2D eigenvalue weighted by Crippen LogP contribution is -2.36. The number of methoxy groups -OCH3 is 4. The van der Waals surface area contributed by atoms with E-state index in [0.717, 1.165) is 0 Å². The molecular weight excluding hydrogens is 494 g/mol. The summed E-state index contributed by atoms with van der Waals surface area (Å²) < 4.78 is 23.2. The lowest BCUT2D eigenvalue weighted by molar-refractivity contribution is -0.137. The van der Waals surface area contributed by atoms with Gasteiger partial charge in [-0.2, -0.15) is 0 Å². The molecule has 0 radical (unpaired) electrons. The Bertz CT molecular complexity index is 1210. The molecule has 0 saturated carbocycles. The lowest BCUT2D eigenvalue weighted by atomic mass is 10.1. The first-order valence-corrected chi connectivity index (χ1v) is 11.0. The summed E-state index contributed by atoms with van der Waals surface area (Å²) in [6, 6.07) is 7.67. The summed E-state index contributed by atoms with van der Waals surface area (Å²) in [5, 5.41) is 19.9. The molecule has 0 saturated heterocycles. The highest BCUT2D eigenvalue weighted by atomic mass is 35.5. The Labute approximate surface area is 212 Å². The standard InChI is InChI=1S/C23H26ClN5O7/c1-33-18-7-5-13(9-16(18)26-23(32)15(27-24)6-8-21(30)31)17-12-25-28-29(17)14-10-19(34-2)22(36-4)20(11-14)35-3/h5,7,9-12,15,27H,6,8H2,1-4H3,(H,26,32)(H,30,31). The third-order valence-electron chi connectivity index (χ3n) is 5.29. The fourth-order valence-electron chi connectivity index (χ4n) is 3.50. The normalized spacial score (nSPS) is 11.5. The van der Waals surface area contributed by atoms with E-state index in [1.54, 1.807) is 41.2 Å². The van der Waals surface area contributed by atoms with Crippen LogP contribution < -0.4 is 29.1 Å². The molecule has 3 N–H and O–H groups in total. The van der Waals surface area contributed by atoms with Gasteiger partial charge < -0.3 is 29.4 Å². The average Bonchev–Trinajstić information content (AvgIpc) is 3.38. The Balaban J connectivity index is 1.99. The van der Waals surface area contributed by atoms with Crippen LogP contribution in [-0.4, -0.2) is 66.5 Å². The van der Waals surface area contributed by atoms with Crippen LogP contribution in [-0.2, 0) is 9.59 Å². The smallest absolute Gasteiger partial charge is 0.303 e. The molecule has 192 valence electrons. The first-order chi connectivity index (χ1) is 17.4. The molecule has 2 aromatic carbocycles. The average molecular weight is 520 g/mol. The molecule has 0 spiro atoms. The van der Waals surface area contributed by atoms with Gasteiger partial charge in [0.1, 0.15) is 11.8 Å². The number of hydrogen-bond acceptors (Lipinski definition) is 9. The fourth-order valence-corrected chi connectivity index (χ4v) is 3.71. The Morgan fingerprint density at radius 1 is 1.03 bits per heavy atom. The second kappa shape index (κ2) is 12.1. The van der Waals surface area contributed by atoms with E-state index in [-0.39, 0.29) is 12.8 Å². The summed E-state index contributed by atoms with van der Waals surface area (Å²) in [5.41, 5.74) is 2.20. The van der Waals surface area contributed by atoms with Crippen molar-refractivity contribution in [1.29, 1.82) is 0 Å². The van der Waals surface area contributed by atoms with Gasteiger partial charge in [0.05, 0.1) is 51.7 Å². The number of hydrogen-bond donors (Lipinski definition) is 3. The summed E-state index contributed by atoms with van der Waals surface area (Å²) in [7, 11) is 6.01. The third-order valence-corrected chi connectivity index (χ3v) is 5.55. The molecule has 1 aromatic heterocycles. The quantitative estimate of drug-likeness (QED) is 0.305. The number of anilines is 1. The van der Waals surface area contributed by atoms with Gasteiger partial charge in [0.25, 0.3) is 0 Å². The highest BCUT2D eigenvalue weighted by molar-refractivity contribution is 6.15. The van der Waals surface area contributed by atoms with E-state index in [4.69, 9.17) is 35.8 Å². The molecule has 13 heteroatoms. The van der Waals surface area contributed by atoms with E-state index in [9.17, 15) is 9.59 Å². The number of aromatic nitrogens is 3. The van der Waals surface area contributed by atoms with Crippen LogP contribution in [0.25, 0.3) is 16.9 Å². The molecule has 0 aliphatic rings. The predicted octanol–water partition coefficient (Wildman–Crippen LogP) is 2.88. The van der Waals surface area contributed by atoms with Gasteiger partial charge >= 0.3 is 5.97 Å². The number of ether oxygens (including phenoxy) is 4. The van der Waals surface area contributed by atoms with Crippen molar-refractivity contribution in [3.8, 4) is 39.9 Å². The van der Waals surface area contributed by atoms with Crippen molar-refractivity contribution >= 4 is 29.3 Å². The minimum absolute atomic E-state index is 0.00446. The molecule has 12 nitrogen and oxygen atoms in total. The van der Waals surface area contributed by atoms with Crippen LogP contribution in [0.2, 0.25) is 0 Å². The number of halogens is 1. The van der Waals surface area contributed by atoms with E-state index in [1.807, 2.05) is 0 Å². The lowest BCUT2D eigenvalue weighted by Gasteiger charge is -2.17.